The van der Waals surface area contributed by atoms with E-state index in [2.05, 4.69) is 5.32 Å². The first-order valence-electron chi connectivity index (χ1n) is 8.59. The van der Waals surface area contributed by atoms with Crippen LogP contribution in [0.2, 0.25) is 5.02 Å². The van der Waals surface area contributed by atoms with E-state index in [4.69, 9.17) is 16.0 Å². The Bertz CT molecular complexity index is 910. The maximum Gasteiger partial charge on any atom is 0.238 e. The topological polar surface area (TPSA) is 65.7 Å². The summed E-state index contributed by atoms with van der Waals surface area (Å²) in [7, 11) is 0. The molecule has 0 fully saturated rings. The lowest BCUT2D eigenvalue weighted by atomic mass is 10.2. The highest BCUT2D eigenvalue weighted by Crippen LogP contribution is 2.21. The van der Waals surface area contributed by atoms with Gasteiger partial charge in [-0.3, -0.25) is 9.69 Å². The lowest BCUT2D eigenvalue weighted by Gasteiger charge is -2.21. The minimum atomic E-state index is -0.164. The molecule has 2 N–H and O–H groups in total. The summed E-state index contributed by atoms with van der Waals surface area (Å²) in [6, 6.07) is 16.1. The van der Waals surface area contributed by atoms with Crippen LogP contribution in [-0.2, 0) is 17.9 Å². The summed E-state index contributed by atoms with van der Waals surface area (Å²) >= 11 is 6.02. The average molecular weight is 385 g/mol. The maximum absolute atomic E-state index is 12.6. The molecule has 0 bridgehead atoms. The van der Waals surface area contributed by atoms with E-state index in [0.29, 0.717) is 23.8 Å². The molecule has 0 spiro atoms. The highest BCUT2D eigenvalue weighted by atomic mass is 35.5. The van der Waals surface area contributed by atoms with E-state index >= 15 is 0 Å². The van der Waals surface area contributed by atoms with Gasteiger partial charge in [0.05, 0.1) is 19.4 Å². The molecule has 2 aromatic carbocycles. The van der Waals surface area contributed by atoms with Gasteiger partial charge in [0.1, 0.15) is 11.5 Å². The van der Waals surface area contributed by atoms with Crippen LogP contribution in [0.5, 0.6) is 5.75 Å². The smallest absolute Gasteiger partial charge is 0.238 e. The number of rotatable bonds is 7. The van der Waals surface area contributed by atoms with E-state index in [1.54, 1.807) is 30.5 Å². The van der Waals surface area contributed by atoms with Crippen molar-refractivity contribution in [2.24, 2.45) is 0 Å². The van der Waals surface area contributed by atoms with Crippen LogP contribution < -0.4 is 5.32 Å². The molecule has 3 aromatic rings. The summed E-state index contributed by atoms with van der Waals surface area (Å²) in [5.74, 6) is 0.785. The molecular weight excluding hydrogens is 364 g/mol. The highest BCUT2D eigenvalue weighted by Gasteiger charge is 2.16. The van der Waals surface area contributed by atoms with Gasteiger partial charge in [-0.1, -0.05) is 35.9 Å². The third-order valence-corrected chi connectivity index (χ3v) is 4.42. The standard InChI is InChI=1S/C21H21ClN2O3/c1-15-8-9-17(22)11-19(15)23-21(26)14-24(13-18-6-4-10-27-18)12-16-5-2-3-7-20(16)25/h2-11,25H,12-14H2,1H3,(H,23,26). The maximum atomic E-state index is 12.6. The molecule has 6 heteroatoms. The number of carbonyl (C=O) groups excluding carboxylic acids is 1. The van der Waals surface area contributed by atoms with Crippen LogP contribution in [0.4, 0.5) is 5.69 Å². The number of hydrogen-bond donors (Lipinski definition) is 2. The third kappa shape index (κ3) is 5.36. The van der Waals surface area contributed by atoms with E-state index in [1.807, 2.05) is 42.2 Å². The quantitative estimate of drug-likeness (QED) is 0.625. The lowest BCUT2D eigenvalue weighted by Crippen LogP contribution is -2.32. The Hall–Kier alpha value is -2.76. The summed E-state index contributed by atoms with van der Waals surface area (Å²) in [6.45, 7) is 2.91. The van der Waals surface area contributed by atoms with Crippen molar-refractivity contribution in [1.82, 2.24) is 4.90 Å². The zero-order chi connectivity index (χ0) is 19.2. The molecule has 140 valence electrons. The lowest BCUT2D eigenvalue weighted by molar-refractivity contribution is -0.117. The Morgan fingerprint density at radius 2 is 1.96 bits per heavy atom. The number of carbonyl (C=O) groups is 1. The monoisotopic (exact) mass is 384 g/mol. The van der Waals surface area contributed by atoms with Crippen LogP contribution >= 0.6 is 11.6 Å². The molecule has 0 atom stereocenters. The first-order valence-corrected chi connectivity index (χ1v) is 8.96. The van der Waals surface area contributed by atoms with Gasteiger partial charge in [0.25, 0.3) is 0 Å². The molecule has 0 unspecified atom stereocenters. The Balaban J connectivity index is 1.73. The minimum absolute atomic E-state index is 0.140. The zero-order valence-electron chi connectivity index (χ0n) is 15.0. The number of anilines is 1. The number of nitrogens with zero attached hydrogens (tertiary/aromatic N) is 1. The van der Waals surface area contributed by atoms with Crippen molar-refractivity contribution in [1.29, 1.82) is 0 Å². The predicted octanol–water partition coefficient (Wildman–Crippen LogP) is 4.59. The van der Waals surface area contributed by atoms with Crippen LogP contribution in [0.3, 0.4) is 0 Å². The zero-order valence-corrected chi connectivity index (χ0v) is 15.7. The summed E-state index contributed by atoms with van der Waals surface area (Å²) in [6.07, 6.45) is 1.60. The summed E-state index contributed by atoms with van der Waals surface area (Å²) in [5.41, 5.74) is 2.37. The largest absolute Gasteiger partial charge is 0.508 e. The number of aromatic hydroxyl groups is 1. The molecule has 3 rings (SSSR count). The molecule has 0 aliphatic rings. The molecule has 1 aromatic heterocycles. The van der Waals surface area contributed by atoms with E-state index in [-0.39, 0.29) is 18.2 Å². The second-order valence-electron chi connectivity index (χ2n) is 6.36. The van der Waals surface area contributed by atoms with E-state index < -0.39 is 0 Å². The molecule has 0 saturated heterocycles. The van der Waals surface area contributed by atoms with Crippen molar-refractivity contribution in [2.75, 3.05) is 11.9 Å². The van der Waals surface area contributed by atoms with Gasteiger partial charge in [0, 0.05) is 22.8 Å². The summed E-state index contributed by atoms with van der Waals surface area (Å²) in [5, 5.41) is 13.5. The number of furan rings is 1. The van der Waals surface area contributed by atoms with Crippen molar-refractivity contribution in [3.8, 4) is 5.75 Å². The number of hydrogen-bond acceptors (Lipinski definition) is 4. The second-order valence-corrected chi connectivity index (χ2v) is 6.80. The Kier molecular flexibility index (Phi) is 6.16. The van der Waals surface area contributed by atoms with Crippen molar-refractivity contribution in [3.05, 3.63) is 82.8 Å². The summed E-state index contributed by atoms with van der Waals surface area (Å²) in [4.78, 5) is 14.5. The number of para-hydroxylation sites is 1. The Morgan fingerprint density at radius 3 is 2.70 bits per heavy atom. The molecule has 0 aliphatic carbocycles. The normalized spacial score (nSPS) is 10.9. The molecule has 1 amide bonds. The SMILES string of the molecule is Cc1ccc(Cl)cc1NC(=O)CN(Cc1ccco1)Cc1ccccc1O. The molecule has 0 aliphatic heterocycles. The minimum Gasteiger partial charge on any atom is -0.508 e. The van der Waals surface area contributed by atoms with Gasteiger partial charge in [0.2, 0.25) is 5.91 Å². The number of amides is 1. The number of phenols is 1. The van der Waals surface area contributed by atoms with Crippen LogP contribution in [0.25, 0.3) is 0 Å². The first-order chi connectivity index (χ1) is 13.0. The van der Waals surface area contributed by atoms with Crippen molar-refractivity contribution < 1.29 is 14.3 Å². The van der Waals surface area contributed by atoms with E-state index in [0.717, 1.165) is 16.9 Å². The van der Waals surface area contributed by atoms with Gasteiger partial charge in [-0.05, 0) is 42.8 Å². The van der Waals surface area contributed by atoms with Gasteiger partial charge in [-0.2, -0.15) is 0 Å². The molecule has 0 radical (unpaired) electrons. The van der Waals surface area contributed by atoms with Crippen molar-refractivity contribution >= 4 is 23.2 Å². The van der Waals surface area contributed by atoms with Crippen LogP contribution in [-0.4, -0.2) is 22.5 Å². The highest BCUT2D eigenvalue weighted by molar-refractivity contribution is 6.31. The first kappa shape index (κ1) is 19.0. The molecule has 27 heavy (non-hydrogen) atoms. The third-order valence-electron chi connectivity index (χ3n) is 4.19. The average Bonchev–Trinajstić information content (AvgIpc) is 3.13. The summed E-state index contributed by atoms with van der Waals surface area (Å²) < 4.78 is 5.41. The van der Waals surface area contributed by atoms with Gasteiger partial charge < -0.3 is 14.8 Å². The second kappa shape index (κ2) is 8.75. The predicted molar refractivity (Wildman–Crippen MR) is 106 cm³/mol. The number of benzene rings is 2. The fourth-order valence-electron chi connectivity index (χ4n) is 2.80. The van der Waals surface area contributed by atoms with Crippen LogP contribution in [0.1, 0.15) is 16.9 Å². The fourth-order valence-corrected chi connectivity index (χ4v) is 2.97. The van der Waals surface area contributed by atoms with Gasteiger partial charge in [0.15, 0.2) is 0 Å². The van der Waals surface area contributed by atoms with Crippen molar-refractivity contribution in [3.63, 3.8) is 0 Å². The van der Waals surface area contributed by atoms with Crippen molar-refractivity contribution in [2.45, 2.75) is 20.0 Å². The van der Waals surface area contributed by atoms with Gasteiger partial charge >= 0.3 is 0 Å². The Morgan fingerprint density at radius 1 is 1.15 bits per heavy atom. The molecule has 0 saturated carbocycles. The molecule has 5 nitrogen and oxygen atoms in total. The van der Waals surface area contributed by atoms with Crippen LogP contribution in [0.15, 0.2) is 65.3 Å². The number of aryl methyl sites for hydroxylation is 1. The molecule has 1 heterocycles. The van der Waals surface area contributed by atoms with Crippen LogP contribution in [0, 0.1) is 6.92 Å². The van der Waals surface area contributed by atoms with E-state index in [1.165, 1.54) is 0 Å². The fraction of sp³-hybridized carbons (Fsp3) is 0.190. The number of nitrogens with one attached hydrogen (secondary N) is 1. The van der Waals surface area contributed by atoms with Gasteiger partial charge in [-0.15, -0.1) is 0 Å². The van der Waals surface area contributed by atoms with E-state index in [9.17, 15) is 9.90 Å². The van der Waals surface area contributed by atoms with Gasteiger partial charge in [-0.25, -0.2) is 0 Å². The number of halogens is 1. The Labute approximate surface area is 163 Å². The molecular formula is C21H21ClN2O3. The number of phenolic OH excluding ortho intramolecular Hbond substituents is 1.